The van der Waals surface area contributed by atoms with Gasteiger partial charge < -0.3 is 13.7 Å². The summed E-state index contributed by atoms with van der Waals surface area (Å²) >= 11 is 0. The van der Waals surface area contributed by atoms with Gasteiger partial charge in [0.05, 0.1) is 50.1 Å². The van der Waals surface area contributed by atoms with Gasteiger partial charge in [0.15, 0.2) is 0 Å². The minimum Gasteiger partial charge on any atom is -0.456 e. The zero-order valence-electron chi connectivity index (χ0n) is 62.0. The smallest absolute Gasteiger partial charge is 0.235 e. The summed E-state index contributed by atoms with van der Waals surface area (Å²) in [6, 6.07) is 140. The first kappa shape index (κ1) is 64.4. The van der Waals surface area contributed by atoms with Gasteiger partial charge in [-0.1, -0.05) is 285 Å². The van der Waals surface area contributed by atoms with Crippen LogP contribution >= 0.6 is 0 Å². The topological polar surface area (TPSA) is 86.0 Å². The Morgan fingerprint density at radius 3 is 1.37 bits per heavy atom. The van der Waals surface area contributed by atoms with E-state index in [9.17, 15) is 0 Å². The highest BCUT2D eigenvalue weighted by molar-refractivity contribution is 6.20. The average Bonchev–Trinajstić information content (AvgIpc) is 1.59. The van der Waals surface area contributed by atoms with Crippen LogP contribution in [0.4, 0.5) is 17.1 Å². The van der Waals surface area contributed by atoms with Gasteiger partial charge in [-0.3, -0.25) is 4.57 Å². The molecule has 23 aromatic rings. The quantitative estimate of drug-likeness (QED) is 0.119. The molecule has 6 heterocycles. The van der Waals surface area contributed by atoms with Crippen LogP contribution in [0, 0.1) is 0 Å². The molecule has 0 saturated carbocycles. The summed E-state index contributed by atoms with van der Waals surface area (Å²) in [6.07, 6.45) is 0. The number of nitrogens with zero attached hydrogens (tertiary/aromatic N) is 6. The van der Waals surface area contributed by atoms with Crippen molar-refractivity contribution in [1.82, 2.24) is 24.5 Å². The van der Waals surface area contributed by atoms with Crippen LogP contribution in [0.2, 0.25) is 0 Å². The Bertz CT molecular complexity index is 7930. The van der Waals surface area contributed by atoms with E-state index in [-0.39, 0.29) is 0 Å². The molecule has 534 valence electrons. The third kappa shape index (κ3) is 9.92. The normalized spacial score (nSPS) is 12.6. The van der Waals surface area contributed by atoms with Crippen molar-refractivity contribution < 1.29 is 8.83 Å². The van der Waals surface area contributed by atoms with Gasteiger partial charge >= 0.3 is 0 Å². The molecule has 24 rings (SSSR count). The first-order valence-electron chi connectivity index (χ1n) is 39.1. The molecule has 8 heteroatoms. The lowest BCUT2D eigenvalue weighted by Crippen LogP contribution is -2.28. The fourth-order valence-electron chi connectivity index (χ4n) is 18.9. The van der Waals surface area contributed by atoms with Gasteiger partial charge in [-0.2, -0.15) is 0 Å². The number of rotatable bonds is 11. The van der Waals surface area contributed by atoms with Crippen molar-refractivity contribution in [3.63, 3.8) is 0 Å². The second-order valence-corrected chi connectivity index (χ2v) is 30.2. The highest BCUT2D eigenvalue weighted by atomic mass is 16.3. The Balaban J connectivity index is 0.605. The predicted molar refractivity (Wildman–Crippen MR) is 473 cm³/mol. The molecule has 0 aliphatic heterocycles. The highest BCUT2D eigenvalue weighted by Gasteiger charge is 2.46. The monoisotopic (exact) mass is 1460 g/mol. The van der Waals surface area contributed by atoms with Crippen molar-refractivity contribution in [2.24, 2.45) is 0 Å². The van der Waals surface area contributed by atoms with Gasteiger partial charge in [0, 0.05) is 93.0 Å². The van der Waals surface area contributed by atoms with E-state index in [0.717, 1.165) is 193 Å². The van der Waals surface area contributed by atoms with Crippen molar-refractivity contribution in [1.29, 1.82) is 0 Å². The number of benzene rings is 17. The number of anilines is 3. The minimum atomic E-state index is -0.601. The molecule has 1 aliphatic carbocycles. The maximum absolute atomic E-state index is 6.99. The molecular formula is C107H64N6O2. The van der Waals surface area contributed by atoms with Crippen LogP contribution < -0.4 is 4.90 Å². The lowest BCUT2D eigenvalue weighted by Gasteiger charge is -2.35. The van der Waals surface area contributed by atoms with Crippen LogP contribution in [0.1, 0.15) is 22.3 Å². The van der Waals surface area contributed by atoms with Crippen molar-refractivity contribution >= 4 is 137 Å². The first-order chi connectivity index (χ1) is 57.0. The Morgan fingerprint density at radius 1 is 0.226 bits per heavy atom. The number of para-hydroxylation sites is 3. The number of aromatic nitrogens is 5. The second-order valence-electron chi connectivity index (χ2n) is 30.2. The van der Waals surface area contributed by atoms with Crippen molar-refractivity contribution in [3.8, 4) is 73.1 Å². The summed E-state index contributed by atoms with van der Waals surface area (Å²) in [5.74, 6) is 0.623. The van der Waals surface area contributed by atoms with E-state index < -0.39 is 5.41 Å². The molecule has 1 aliphatic rings. The van der Waals surface area contributed by atoms with Crippen LogP contribution in [0.5, 0.6) is 0 Å². The van der Waals surface area contributed by atoms with E-state index in [1.54, 1.807) is 0 Å². The molecule has 8 nitrogen and oxygen atoms in total. The maximum atomic E-state index is 6.99. The molecule has 0 radical (unpaired) electrons. The van der Waals surface area contributed by atoms with Crippen LogP contribution in [0.15, 0.2) is 397 Å². The predicted octanol–water partition coefficient (Wildman–Crippen LogP) is 28.1. The molecule has 0 unspecified atom stereocenters. The zero-order chi connectivity index (χ0) is 75.4. The van der Waals surface area contributed by atoms with E-state index in [1.165, 1.54) is 33.4 Å². The fourth-order valence-corrected chi connectivity index (χ4v) is 18.9. The molecule has 6 aromatic heterocycles. The molecule has 0 atom stereocenters. The number of pyridine rings is 2. The van der Waals surface area contributed by atoms with Gasteiger partial charge in [-0.15, -0.1) is 0 Å². The van der Waals surface area contributed by atoms with Gasteiger partial charge in [-0.05, 0) is 170 Å². The summed E-state index contributed by atoms with van der Waals surface area (Å²) in [7, 11) is 0. The summed E-state index contributed by atoms with van der Waals surface area (Å²) in [4.78, 5) is 24.1. The van der Waals surface area contributed by atoms with Gasteiger partial charge in [0.1, 0.15) is 22.3 Å². The molecule has 115 heavy (non-hydrogen) atoms. The lowest BCUT2D eigenvalue weighted by molar-refractivity contribution is 0.669. The van der Waals surface area contributed by atoms with E-state index in [4.69, 9.17) is 28.8 Å². The largest absolute Gasteiger partial charge is 0.456 e. The molecular weight excluding hydrogens is 1400 g/mol. The van der Waals surface area contributed by atoms with Crippen molar-refractivity contribution in [3.05, 3.63) is 411 Å². The van der Waals surface area contributed by atoms with Gasteiger partial charge in [-0.25, -0.2) is 19.9 Å². The molecule has 0 fully saturated rings. The molecule has 0 saturated heterocycles. The third-order valence-corrected chi connectivity index (χ3v) is 24.1. The molecule has 0 spiro atoms. The van der Waals surface area contributed by atoms with E-state index in [1.807, 2.05) is 24.3 Å². The number of furan rings is 2. The maximum Gasteiger partial charge on any atom is 0.235 e. The van der Waals surface area contributed by atoms with Crippen LogP contribution in [-0.4, -0.2) is 24.5 Å². The number of fused-ring (bicyclic) bond motifs is 19. The summed E-state index contributed by atoms with van der Waals surface area (Å²) in [5, 5.41) is 13.9. The SMILES string of the molecule is c1ccc(-c2nc(-n3c4ccccc4c4cc(-c5nc6cc7c(cc6c6ccccc56)oc5cc(-c6ccccc6-c6ccc(N(c8ccc(-c9nc%10cc%11c(cc%10c%10ccccc9%10)oc9ccccc9%11)cc8)c8ccc9c(c8)C(c8ccccc8)(c8ccccc8)c8ccccc8-9)cc6)ccc57)ccc43)nc3ccccc23)cc1. The highest BCUT2D eigenvalue weighted by Crippen LogP contribution is 2.58. The van der Waals surface area contributed by atoms with Gasteiger partial charge in [0.25, 0.3) is 0 Å². The Kier molecular flexibility index (Phi) is 14.2. The van der Waals surface area contributed by atoms with Crippen LogP contribution in [0.3, 0.4) is 0 Å². The summed E-state index contributed by atoms with van der Waals surface area (Å²) < 4.78 is 15.6. The molecule has 17 aromatic carbocycles. The van der Waals surface area contributed by atoms with Crippen LogP contribution in [-0.2, 0) is 5.41 Å². The third-order valence-electron chi connectivity index (χ3n) is 24.1. The van der Waals surface area contributed by atoms with E-state index in [0.29, 0.717) is 5.95 Å². The molecule has 0 bridgehead atoms. The Morgan fingerprint density at radius 2 is 0.687 bits per heavy atom. The molecule has 0 N–H and O–H groups in total. The fraction of sp³-hybridized carbons (Fsp3) is 0.00935. The number of hydrogen-bond donors (Lipinski definition) is 0. The Hall–Kier alpha value is -15.4. The van der Waals surface area contributed by atoms with E-state index in [2.05, 4.69) is 373 Å². The van der Waals surface area contributed by atoms with Crippen molar-refractivity contribution in [2.45, 2.75) is 5.41 Å². The summed E-state index contributed by atoms with van der Waals surface area (Å²) in [6.45, 7) is 0. The minimum absolute atomic E-state index is 0.601. The standard InChI is InChI=1S/C107H64N6O2/c1-4-24-66(25-5-1)104-86-39-17-21-41-94(86)110-106(111-104)113-97-42-22-18-35-81(97)89-58-69(49-57-98(89)113)105-85-38-15-13-33-78(85)88-64-102-91(62-96(88)109-105)83-55-48-68(59-100(83)115-102)76-31-11-10-30-75(76)65-44-50-72(51-45-65)112(74-54-56-80-79-34-16-20-40-92(79)107(93(80)60-74,70-26-6-2-7-27-70)71-28-8-3-9-29-71)73-52-46-67(47-53-73)103-84-37-14-12-32-77(84)87-63-101-90(61-95(87)108-103)82-36-19-23-43-99(82)114-101/h1-64H. The number of hydrogen-bond acceptors (Lipinski definition) is 7. The molecule has 0 amide bonds. The van der Waals surface area contributed by atoms with E-state index >= 15 is 0 Å². The zero-order valence-corrected chi connectivity index (χ0v) is 62.0. The first-order valence-corrected chi connectivity index (χ1v) is 39.1. The van der Waals surface area contributed by atoms with Crippen molar-refractivity contribution in [2.75, 3.05) is 4.90 Å². The average molecular weight is 1470 g/mol. The lowest BCUT2D eigenvalue weighted by atomic mass is 9.67. The van der Waals surface area contributed by atoms with Crippen LogP contribution in [0.25, 0.3) is 193 Å². The Labute approximate surface area is 660 Å². The van der Waals surface area contributed by atoms with Gasteiger partial charge in [0.2, 0.25) is 5.95 Å². The summed E-state index contributed by atoms with van der Waals surface area (Å²) in [5.41, 5.74) is 28.1. The second kappa shape index (κ2) is 25.3.